The van der Waals surface area contributed by atoms with Gasteiger partial charge in [0.15, 0.2) is 12.1 Å². The number of phenolic OH excluding ortho intramolecular Hbond substituents is 1. The molecule has 0 unspecified atom stereocenters. The van der Waals surface area contributed by atoms with E-state index in [-0.39, 0.29) is 23.6 Å². The lowest BCUT2D eigenvalue weighted by molar-refractivity contribution is -0.938. The average molecular weight is 472 g/mol. The van der Waals surface area contributed by atoms with Gasteiger partial charge in [-0.1, -0.05) is 48.5 Å². The molecule has 35 heavy (non-hydrogen) atoms. The van der Waals surface area contributed by atoms with E-state index in [2.05, 4.69) is 5.32 Å². The molecule has 180 valence electrons. The molecule has 0 aliphatic carbocycles. The van der Waals surface area contributed by atoms with Crippen molar-refractivity contribution in [2.45, 2.75) is 25.0 Å². The minimum atomic E-state index is -0.610. The van der Waals surface area contributed by atoms with Crippen molar-refractivity contribution >= 4 is 17.4 Å². The Labute approximate surface area is 205 Å². The van der Waals surface area contributed by atoms with Crippen molar-refractivity contribution in [3.05, 3.63) is 96.1 Å². The zero-order valence-electron chi connectivity index (χ0n) is 19.7. The van der Waals surface area contributed by atoms with E-state index in [9.17, 15) is 14.7 Å². The molecule has 0 saturated carbocycles. The van der Waals surface area contributed by atoms with Crippen LogP contribution in [-0.4, -0.2) is 53.6 Å². The van der Waals surface area contributed by atoms with Crippen molar-refractivity contribution < 1.29 is 23.9 Å². The molecule has 0 amide bonds. The minimum absolute atomic E-state index is 0.0586. The molecule has 3 aromatic rings. The Bertz CT molecular complexity index is 1160. The summed E-state index contributed by atoms with van der Waals surface area (Å²) in [4.78, 5) is 26.5. The number of carbonyl (C=O) groups is 2. The minimum Gasteiger partial charge on any atom is -0.508 e. The van der Waals surface area contributed by atoms with Crippen LogP contribution in [0.4, 0.5) is 5.69 Å². The number of aromatic hydroxyl groups is 1. The molecule has 6 rings (SSSR count). The number of hydrogen-bond donors (Lipinski definition) is 2. The molecule has 3 aliphatic heterocycles. The monoisotopic (exact) mass is 471 g/mol. The number of esters is 1. The lowest BCUT2D eigenvalue weighted by atomic mass is 9.82. The number of quaternary nitrogens is 1. The second kappa shape index (κ2) is 9.92. The van der Waals surface area contributed by atoms with Crippen molar-refractivity contribution in [2.24, 2.45) is 5.92 Å². The fourth-order valence-corrected chi connectivity index (χ4v) is 5.46. The molecular formula is C29H31N2O4+. The first-order chi connectivity index (χ1) is 17.0. The first-order valence-electron chi connectivity index (χ1n) is 12.3. The van der Waals surface area contributed by atoms with Crippen LogP contribution in [0.2, 0.25) is 0 Å². The number of nitrogens with zero attached hydrogens (tertiary/aromatic N) is 1. The second-order valence-corrected chi connectivity index (χ2v) is 9.77. The Morgan fingerprint density at radius 2 is 1.54 bits per heavy atom. The van der Waals surface area contributed by atoms with Crippen LogP contribution >= 0.6 is 0 Å². The van der Waals surface area contributed by atoms with Crippen molar-refractivity contribution in [1.29, 1.82) is 0 Å². The molecule has 2 N–H and O–H groups in total. The first kappa shape index (κ1) is 23.1. The van der Waals surface area contributed by atoms with Crippen LogP contribution in [0.15, 0.2) is 84.9 Å². The fraction of sp³-hybridized carbons (Fsp3) is 0.310. The fourth-order valence-electron chi connectivity index (χ4n) is 5.46. The van der Waals surface area contributed by atoms with Gasteiger partial charge in [0.25, 0.3) is 0 Å². The quantitative estimate of drug-likeness (QED) is 0.286. The predicted molar refractivity (Wildman–Crippen MR) is 134 cm³/mol. The highest BCUT2D eigenvalue weighted by molar-refractivity contribution is 5.97. The zero-order chi connectivity index (χ0) is 24.3. The molecule has 0 aromatic heterocycles. The van der Waals surface area contributed by atoms with E-state index >= 15 is 0 Å². The van der Waals surface area contributed by atoms with Crippen molar-refractivity contribution in [3.8, 4) is 5.75 Å². The van der Waals surface area contributed by atoms with Gasteiger partial charge in [0.1, 0.15) is 18.8 Å². The second-order valence-electron chi connectivity index (χ2n) is 9.77. The van der Waals surface area contributed by atoms with Gasteiger partial charge < -0.3 is 19.6 Å². The molecule has 0 radical (unpaired) electrons. The van der Waals surface area contributed by atoms with Crippen LogP contribution < -0.4 is 5.32 Å². The summed E-state index contributed by atoms with van der Waals surface area (Å²) >= 11 is 0. The van der Waals surface area contributed by atoms with E-state index in [0.29, 0.717) is 29.1 Å². The van der Waals surface area contributed by atoms with Crippen LogP contribution in [0.3, 0.4) is 0 Å². The summed E-state index contributed by atoms with van der Waals surface area (Å²) in [6, 6.07) is 25.1. The van der Waals surface area contributed by atoms with Gasteiger partial charge in [-0.2, -0.15) is 0 Å². The molecule has 3 heterocycles. The average Bonchev–Trinajstić information content (AvgIpc) is 2.89. The normalized spacial score (nSPS) is 23.9. The van der Waals surface area contributed by atoms with E-state index in [4.69, 9.17) is 4.74 Å². The van der Waals surface area contributed by atoms with E-state index in [1.807, 2.05) is 60.7 Å². The molecule has 2 atom stereocenters. The van der Waals surface area contributed by atoms with Gasteiger partial charge in [0, 0.05) is 30.0 Å². The zero-order valence-corrected chi connectivity index (χ0v) is 19.7. The van der Waals surface area contributed by atoms with E-state index in [1.165, 1.54) is 0 Å². The van der Waals surface area contributed by atoms with E-state index in [1.54, 1.807) is 24.3 Å². The summed E-state index contributed by atoms with van der Waals surface area (Å²) in [6.07, 6.45) is 1.69. The topological polar surface area (TPSA) is 75.6 Å². The Balaban J connectivity index is 1.30. The summed E-state index contributed by atoms with van der Waals surface area (Å²) in [5.41, 5.74) is 2.32. The molecule has 3 aliphatic rings. The van der Waals surface area contributed by atoms with E-state index < -0.39 is 6.04 Å². The summed E-state index contributed by atoms with van der Waals surface area (Å²) < 4.78 is 6.83. The van der Waals surface area contributed by atoms with Crippen molar-refractivity contribution in [2.75, 3.05) is 31.5 Å². The molecule has 3 fully saturated rings. The first-order valence-corrected chi connectivity index (χ1v) is 12.3. The number of benzene rings is 3. The number of carbonyl (C=O) groups excluding carboxylic acids is 2. The summed E-state index contributed by atoms with van der Waals surface area (Å²) in [6.45, 7) is 2.89. The largest absolute Gasteiger partial charge is 0.508 e. The summed E-state index contributed by atoms with van der Waals surface area (Å²) in [5, 5.41) is 12.9. The van der Waals surface area contributed by atoms with Gasteiger partial charge in [-0.05, 0) is 42.0 Å². The van der Waals surface area contributed by atoms with Crippen LogP contribution in [0, 0.1) is 5.92 Å². The van der Waals surface area contributed by atoms with E-state index in [0.717, 1.165) is 37.2 Å². The number of fused-ring (bicyclic) bond motifs is 3. The van der Waals surface area contributed by atoms with Crippen molar-refractivity contribution in [1.82, 2.24) is 0 Å². The summed E-state index contributed by atoms with van der Waals surface area (Å²) in [7, 11) is 0. The molecule has 6 heteroatoms. The number of hydrogen-bond acceptors (Lipinski definition) is 5. The highest BCUT2D eigenvalue weighted by Crippen LogP contribution is 2.37. The standard InChI is InChI=1S/C29H30N2O4/c32-25-13-11-21(12-14-25)26(33)19-31-17-15-22(16-18-31)27(20-31)35-29(34)28(23-7-3-1-4-8-23)30-24-9-5-2-6-10-24/h1-14,22,27-28,30H,15-20H2/p+1/t22?,27-,28+,31?/m0/s1. The number of ketones is 1. The van der Waals surface area contributed by atoms with Crippen LogP contribution in [-0.2, 0) is 9.53 Å². The number of piperidine rings is 3. The number of anilines is 1. The molecule has 2 bridgehead atoms. The number of rotatable bonds is 8. The SMILES string of the molecule is O=C(C[N+]12CCC(CC1)[C@@H](OC(=O)[C@H](Nc1ccccc1)c1ccccc1)C2)c1ccc(O)cc1. The smallest absolute Gasteiger partial charge is 0.333 e. The molecule has 3 saturated heterocycles. The van der Waals surface area contributed by atoms with Gasteiger partial charge >= 0.3 is 5.97 Å². The maximum absolute atomic E-state index is 13.5. The number of ether oxygens (including phenoxy) is 1. The number of nitrogens with one attached hydrogen (secondary N) is 1. The van der Waals surface area contributed by atoms with Gasteiger partial charge in [0.05, 0.1) is 13.1 Å². The molecule has 0 spiro atoms. The van der Waals surface area contributed by atoms with Gasteiger partial charge in [-0.15, -0.1) is 0 Å². The lowest BCUT2D eigenvalue weighted by Crippen LogP contribution is -2.65. The third kappa shape index (κ3) is 5.23. The Hall–Kier alpha value is -3.64. The lowest BCUT2D eigenvalue weighted by Gasteiger charge is -2.51. The maximum atomic E-state index is 13.5. The van der Waals surface area contributed by atoms with Gasteiger partial charge in [-0.25, -0.2) is 4.79 Å². The van der Waals surface area contributed by atoms with Crippen LogP contribution in [0.25, 0.3) is 0 Å². The number of Topliss-reactive ketones (excluding diaryl/α,β-unsaturated/α-hetero) is 1. The highest BCUT2D eigenvalue weighted by atomic mass is 16.5. The van der Waals surface area contributed by atoms with Crippen LogP contribution in [0.1, 0.15) is 34.8 Å². The summed E-state index contributed by atoms with van der Waals surface area (Å²) in [5.74, 6) is 0.248. The highest BCUT2D eigenvalue weighted by Gasteiger charge is 2.49. The Kier molecular flexibility index (Phi) is 6.55. The number of para-hydroxylation sites is 1. The maximum Gasteiger partial charge on any atom is 0.333 e. The molecular weight excluding hydrogens is 440 g/mol. The van der Waals surface area contributed by atoms with Gasteiger partial charge in [-0.3, -0.25) is 4.79 Å². The third-order valence-electron chi connectivity index (χ3n) is 7.43. The van der Waals surface area contributed by atoms with Crippen molar-refractivity contribution in [3.63, 3.8) is 0 Å². The molecule has 6 nitrogen and oxygen atoms in total. The van der Waals surface area contributed by atoms with Gasteiger partial charge in [0.2, 0.25) is 5.78 Å². The third-order valence-corrected chi connectivity index (χ3v) is 7.43. The predicted octanol–water partition coefficient (Wildman–Crippen LogP) is 4.58. The molecule has 3 aromatic carbocycles. The van der Waals surface area contributed by atoms with Crippen LogP contribution in [0.5, 0.6) is 5.75 Å². The number of phenols is 1. The Morgan fingerprint density at radius 1 is 0.914 bits per heavy atom. The Morgan fingerprint density at radius 3 is 2.20 bits per heavy atom.